The Labute approximate surface area is 116 Å². The molecular formula is C14H24FNO2Si. The Hall–Kier alpha value is -0.783. The summed E-state index contributed by atoms with van der Waals surface area (Å²) in [5.74, 6) is -0.395. The number of hydrogen-bond acceptors (Lipinski definition) is 3. The number of aromatic nitrogens is 1. The highest BCUT2D eigenvalue weighted by Crippen LogP contribution is 2.36. The summed E-state index contributed by atoms with van der Waals surface area (Å²) in [6.07, 6.45) is 0.892. The normalized spacial score (nSPS) is 14.5. The van der Waals surface area contributed by atoms with Gasteiger partial charge in [-0.15, -0.1) is 0 Å². The van der Waals surface area contributed by atoms with Crippen LogP contribution < -0.4 is 0 Å². The first kappa shape index (κ1) is 16.3. The van der Waals surface area contributed by atoms with Crippen molar-refractivity contribution in [2.24, 2.45) is 0 Å². The highest BCUT2D eigenvalue weighted by molar-refractivity contribution is 6.74. The number of pyridine rings is 1. The molecule has 1 rings (SSSR count). The Morgan fingerprint density at radius 3 is 2.47 bits per heavy atom. The second-order valence-electron chi connectivity index (χ2n) is 6.31. The molecule has 108 valence electrons. The topological polar surface area (TPSA) is 42.4 Å². The van der Waals surface area contributed by atoms with E-state index >= 15 is 0 Å². The van der Waals surface area contributed by atoms with Crippen molar-refractivity contribution >= 4 is 8.32 Å². The molecule has 1 atom stereocenters. The van der Waals surface area contributed by atoms with Gasteiger partial charge < -0.3 is 9.53 Å². The van der Waals surface area contributed by atoms with Crippen LogP contribution in [0.3, 0.4) is 0 Å². The van der Waals surface area contributed by atoms with Gasteiger partial charge in [-0.3, -0.25) is 4.98 Å². The number of aliphatic hydroxyl groups is 1. The molecule has 1 N–H and O–H groups in total. The number of halogens is 1. The molecular weight excluding hydrogens is 261 g/mol. The van der Waals surface area contributed by atoms with Gasteiger partial charge in [0.2, 0.25) is 0 Å². The predicted octanol–water partition coefficient (Wildman–Crippen LogP) is 3.67. The van der Waals surface area contributed by atoms with Crippen LogP contribution in [0, 0.1) is 5.82 Å². The fourth-order valence-electron chi connectivity index (χ4n) is 1.37. The second-order valence-corrected chi connectivity index (χ2v) is 11.1. The first-order chi connectivity index (χ1) is 8.63. The molecule has 1 unspecified atom stereocenters. The molecule has 0 radical (unpaired) electrons. The lowest BCUT2D eigenvalue weighted by molar-refractivity contribution is 0.132. The molecule has 0 aromatic carbocycles. The zero-order valence-electron chi connectivity index (χ0n) is 12.4. The van der Waals surface area contributed by atoms with Crippen molar-refractivity contribution in [3.63, 3.8) is 0 Å². The molecule has 0 fully saturated rings. The number of aliphatic hydroxyl groups excluding tert-OH is 1. The number of rotatable bonds is 5. The van der Waals surface area contributed by atoms with Crippen LogP contribution >= 0.6 is 0 Å². The van der Waals surface area contributed by atoms with Crippen molar-refractivity contribution in [3.8, 4) is 0 Å². The van der Waals surface area contributed by atoms with Crippen LogP contribution in [0.15, 0.2) is 18.3 Å². The Morgan fingerprint density at radius 1 is 1.37 bits per heavy atom. The van der Waals surface area contributed by atoms with Gasteiger partial charge >= 0.3 is 0 Å². The number of hydrogen-bond donors (Lipinski definition) is 1. The maximum absolute atomic E-state index is 12.7. The summed E-state index contributed by atoms with van der Waals surface area (Å²) in [6, 6.07) is 2.81. The van der Waals surface area contributed by atoms with Gasteiger partial charge in [0.05, 0.1) is 18.0 Å². The van der Waals surface area contributed by atoms with E-state index in [0.717, 1.165) is 6.20 Å². The maximum atomic E-state index is 12.7. The van der Waals surface area contributed by atoms with E-state index in [4.69, 9.17) is 4.43 Å². The highest BCUT2D eigenvalue weighted by Gasteiger charge is 2.37. The van der Waals surface area contributed by atoms with Crippen LogP contribution in [0.1, 0.15) is 39.0 Å². The van der Waals surface area contributed by atoms with E-state index in [1.165, 1.54) is 12.1 Å². The standard InChI is InChI=1S/C14H24FNO2Si/c1-14(2,3)19(4,5)18-9-8-13(17)12-7-6-11(15)10-16-12/h6-7,10,13,17H,8-9H2,1-5H3. The van der Waals surface area contributed by atoms with Gasteiger partial charge in [0.1, 0.15) is 5.82 Å². The van der Waals surface area contributed by atoms with Gasteiger partial charge in [0, 0.05) is 13.0 Å². The van der Waals surface area contributed by atoms with Gasteiger partial charge in [-0.1, -0.05) is 20.8 Å². The van der Waals surface area contributed by atoms with Crippen molar-refractivity contribution in [2.45, 2.75) is 51.4 Å². The van der Waals surface area contributed by atoms with Gasteiger partial charge in [-0.25, -0.2) is 4.39 Å². The Bertz CT molecular complexity index is 401. The van der Waals surface area contributed by atoms with E-state index in [1.54, 1.807) is 0 Å². The molecule has 0 saturated heterocycles. The van der Waals surface area contributed by atoms with Crippen molar-refractivity contribution in [2.75, 3.05) is 6.61 Å². The fraction of sp³-hybridized carbons (Fsp3) is 0.643. The number of nitrogens with zero attached hydrogens (tertiary/aromatic N) is 1. The predicted molar refractivity (Wildman–Crippen MR) is 76.9 cm³/mol. The monoisotopic (exact) mass is 285 g/mol. The molecule has 5 heteroatoms. The molecule has 1 heterocycles. The average Bonchev–Trinajstić information content (AvgIpc) is 2.28. The summed E-state index contributed by atoms with van der Waals surface area (Å²) in [4.78, 5) is 3.87. The maximum Gasteiger partial charge on any atom is 0.191 e. The van der Waals surface area contributed by atoms with Crippen LogP contribution in [-0.2, 0) is 4.43 Å². The zero-order valence-corrected chi connectivity index (χ0v) is 13.4. The molecule has 19 heavy (non-hydrogen) atoms. The summed E-state index contributed by atoms with van der Waals surface area (Å²) >= 11 is 0. The first-order valence-electron chi connectivity index (χ1n) is 6.57. The molecule has 1 aromatic rings. The molecule has 0 aliphatic carbocycles. The third-order valence-electron chi connectivity index (χ3n) is 3.75. The summed E-state index contributed by atoms with van der Waals surface area (Å²) in [7, 11) is -1.77. The van der Waals surface area contributed by atoms with Crippen LogP contribution in [0.2, 0.25) is 18.1 Å². The van der Waals surface area contributed by atoms with Gasteiger partial charge in [-0.05, 0) is 30.3 Å². The van der Waals surface area contributed by atoms with Gasteiger partial charge in [-0.2, -0.15) is 0 Å². The average molecular weight is 285 g/mol. The van der Waals surface area contributed by atoms with Crippen molar-refractivity contribution < 1.29 is 13.9 Å². The SMILES string of the molecule is CC(C)(C)[Si](C)(C)OCCC(O)c1ccc(F)cn1. The van der Waals surface area contributed by atoms with Crippen LogP contribution in [0.4, 0.5) is 4.39 Å². The summed E-state index contributed by atoms with van der Waals surface area (Å²) in [5, 5.41) is 10.1. The molecule has 0 aliphatic heterocycles. The minimum Gasteiger partial charge on any atom is -0.417 e. The van der Waals surface area contributed by atoms with Crippen LogP contribution in [-0.4, -0.2) is 25.0 Å². The first-order valence-corrected chi connectivity index (χ1v) is 9.48. The van der Waals surface area contributed by atoms with E-state index in [0.29, 0.717) is 18.7 Å². The quantitative estimate of drug-likeness (QED) is 0.839. The van der Waals surface area contributed by atoms with Crippen LogP contribution in [0.5, 0.6) is 0 Å². The van der Waals surface area contributed by atoms with Crippen molar-refractivity contribution in [3.05, 3.63) is 29.8 Å². The van der Waals surface area contributed by atoms with Crippen molar-refractivity contribution in [1.82, 2.24) is 4.98 Å². The van der Waals surface area contributed by atoms with E-state index in [9.17, 15) is 9.50 Å². The lowest BCUT2D eigenvalue weighted by Gasteiger charge is -2.36. The van der Waals surface area contributed by atoms with Gasteiger partial charge in [0.25, 0.3) is 0 Å². The lowest BCUT2D eigenvalue weighted by Crippen LogP contribution is -2.41. The largest absolute Gasteiger partial charge is 0.417 e. The fourth-order valence-corrected chi connectivity index (χ4v) is 2.44. The molecule has 0 saturated carbocycles. The Balaban J connectivity index is 2.47. The molecule has 0 spiro atoms. The molecule has 0 aliphatic rings. The third-order valence-corrected chi connectivity index (χ3v) is 8.29. The second kappa shape index (κ2) is 6.11. The molecule has 0 bridgehead atoms. The minimum atomic E-state index is -1.77. The third kappa shape index (κ3) is 4.67. The minimum absolute atomic E-state index is 0.159. The highest BCUT2D eigenvalue weighted by atomic mass is 28.4. The van der Waals surface area contributed by atoms with Crippen LogP contribution in [0.25, 0.3) is 0 Å². The lowest BCUT2D eigenvalue weighted by atomic mass is 10.2. The van der Waals surface area contributed by atoms with E-state index in [2.05, 4.69) is 38.8 Å². The molecule has 1 aromatic heterocycles. The van der Waals surface area contributed by atoms with Crippen molar-refractivity contribution in [1.29, 1.82) is 0 Å². The summed E-state index contributed by atoms with van der Waals surface area (Å²) in [6.45, 7) is 11.4. The molecule has 3 nitrogen and oxygen atoms in total. The van der Waals surface area contributed by atoms with E-state index < -0.39 is 20.2 Å². The Morgan fingerprint density at radius 2 is 2.00 bits per heavy atom. The summed E-state index contributed by atoms with van der Waals surface area (Å²) in [5.41, 5.74) is 0.486. The van der Waals surface area contributed by atoms with E-state index in [-0.39, 0.29) is 5.04 Å². The Kier molecular flexibility index (Phi) is 5.23. The van der Waals surface area contributed by atoms with Gasteiger partial charge in [0.15, 0.2) is 8.32 Å². The smallest absolute Gasteiger partial charge is 0.191 e. The zero-order chi connectivity index (χ0) is 14.7. The molecule has 0 amide bonds. The van der Waals surface area contributed by atoms with E-state index in [1.807, 2.05) is 0 Å². The summed E-state index contributed by atoms with van der Waals surface area (Å²) < 4.78 is 18.7.